The molecule has 0 fully saturated rings. The van der Waals surface area contributed by atoms with Gasteiger partial charge in [0.1, 0.15) is 23.2 Å². The van der Waals surface area contributed by atoms with Gasteiger partial charge in [0.15, 0.2) is 0 Å². The van der Waals surface area contributed by atoms with Crippen molar-refractivity contribution < 1.29 is 18.7 Å². The van der Waals surface area contributed by atoms with E-state index < -0.39 is 0 Å². The second-order valence-electron chi connectivity index (χ2n) is 5.19. The van der Waals surface area contributed by atoms with Gasteiger partial charge in [0.25, 0.3) is 5.91 Å². The van der Waals surface area contributed by atoms with Crippen molar-refractivity contribution in [3.05, 3.63) is 41.3 Å². The topological polar surface area (TPSA) is 65.4 Å². The molecule has 1 atom stereocenters. The van der Waals surface area contributed by atoms with Gasteiger partial charge in [-0.1, -0.05) is 0 Å². The molecule has 1 N–H and O–H groups in total. The Morgan fingerprint density at radius 3 is 2.65 bits per heavy atom. The molecule has 23 heavy (non-hydrogen) atoms. The van der Waals surface area contributed by atoms with Crippen molar-refractivity contribution in [3.63, 3.8) is 0 Å². The normalized spacial score (nSPS) is 11.9. The van der Waals surface area contributed by atoms with E-state index in [-0.39, 0.29) is 17.8 Å². The number of aromatic nitrogens is 2. The van der Waals surface area contributed by atoms with Gasteiger partial charge in [-0.25, -0.2) is 9.07 Å². The molecular formula is C16H20FN3O3. The predicted octanol–water partition coefficient (Wildman–Crippen LogP) is 2.07. The number of methoxy groups -OCH3 is 1. The number of rotatable bonds is 6. The SMILES string of the molecule is COc1c(C(=O)NC[C@@H](C)Oc2ccc(F)cc2)c(C)nn1C. The second kappa shape index (κ2) is 7.13. The van der Waals surface area contributed by atoms with Gasteiger partial charge in [-0.15, -0.1) is 0 Å². The Balaban J connectivity index is 1.95. The van der Waals surface area contributed by atoms with Crippen LogP contribution in [0.15, 0.2) is 24.3 Å². The molecule has 1 amide bonds. The van der Waals surface area contributed by atoms with Crippen LogP contribution in [-0.4, -0.2) is 35.4 Å². The fourth-order valence-electron chi connectivity index (χ4n) is 2.24. The molecule has 1 aromatic carbocycles. The van der Waals surface area contributed by atoms with E-state index in [1.165, 1.54) is 23.9 Å². The lowest BCUT2D eigenvalue weighted by Gasteiger charge is -2.15. The third kappa shape index (κ3) is 4.00. The van der Waals surface area contributed by atoms with Gasteiger partial charge in [-0.2, -0.15) is 5.10 Å². The lowest BCUT2D eigenvalue weighted by atomic mass is 10.2. The highest BCUT2D eigenvalue weighted by Gasteiger charge is 2.21. The van der Waals surface area contributed by atoms with E-state index in [1.807, 2.05) is 6.92 Å². The van der Waals surface area contributed by atoms with Crippen LogP contribution in [0.5, 0.6) is 11.6 Å². The number of carbonyl (C=O) groups is 1. The van der Waals surface area contributed by atoms with Crippen LogP contribution in [0.1, 0.15) is 23.0 Å². The Kier molecular flexibility index (Phi) is 5.20. The third-order valence-electron chi connectivity index (χ3n) is 3.29. The Labute approximate surface area is 134 Å². The Bertz CT molecular complexity index is 683. The molecule has 0 aliphatic rings. The van der Waals surface area contributed by atoms with Gasteiger partial charge in [-0.05, 0) is 38.1 Å². The number of hydrogen-bond donors (Lipinski definition) is 1. The molecular weight excluding hydrogens is 301 g/mol. The van der Waals surface area contributed by atoms with Crippen molar-refractivity contribution >= 4 is 5.91 Å². The fourth-order valence-corrected chi connectivity index (χ4v) is 2.24. The van der Waals surface area contributed by atoms with Crippen LogP contribution in [0.4, 0.5) is 4.39 Å². The van der Waals surface area contributed by atoms with Crippen LogP contribution in [0.2, 0.25) is 0 Å². The monoisotopic (exact) mass is 321 g/mol. The lowest BCUT2D eigenvalue weighted by molar-refractivity contribution is 0.0928. The molecule has 2 aromatic rings. The minimum absolute atomic E-state index is 0.271. The van der Waals surface area contributed by atoms with Crippen molar-refractivity contribution in [2.75, 3.05) is 13.7 Å². The Morgan fingerprint density at radius 2 is 2.04 bits per heavy atom. The minimum atomic E-state index is -0.322. The summed E-state index contributed by atoms with van der Waals surface area (Å²) in [7, 11) is 3.20. The summed E-state index contributed by atoms with van der Waals surface area (Å²) in [5.74, 6) is 0.356. The molecule has 0 saturated heterocycles. The van der Waals surface area contributed by atoms with Crippen molar-refractivity contribution in [2.24, 2.45) is 7.05 Å². The molecule has 0 aliphatic carbocycles. The maximum atomic E-state index is 12.8. The standard InChI is InChI=1S/C16H20FN3O3/c1-10(23-13-7-5-12(17)6-8-13)9-18-15(21)14-11(2)19-20(3)16(14)22-4/h5-8,10H,9H2,1-4H3,(H,18,21)/t10-/m1/s1. The third-order valence-corrected chi connectivity index (χ3v) is 3.29. The summed E-state index contributed by atoms with van der Waals surface area (Å²) < 4.78 is 25.2. The van der Waals surface area contributed by atoms with Crippen LogP contribution in [0.3, 0.4) is 0 Å². The number of aryl methyl sites for hydroxylation is 2. The lowest BCUT2D eigenvalue weighted by Crippen LogP contribution is -2.34. The number of ether oxygens (including phenoxy) is 2. The van der Waals surface area contributed by atoms with Gasteiger partial charge in [0, 0.05) is 7.05 Å². The maximum absolute atomic E-state index is 12.8. The van der Waals surface area contributed by atoms with Gasteiger partial charge in [0.2, 0.25) is 5.88 Å². The fraction of sp³-hybridized carbons (Fsp3) is 0.375. The number of benzene rings is 1. The van der Waals surface area contributed by atoms with Crippen LogP contribution < -0.4 is 14.8 Å². The number of hydrogen-bond acceptors (Lipinski definition) is 4. The predicted molar refractivity (Wildman–Crippen MR) is 83.3 cm³/mol. The zero-order valence-corrected chi connectivity index (χ0v) is 13.6. The van der Waals surface area contributed by atoms with E-state index in [9.17, 15) is 9.18 Å². The highest BCUT2D eigenvalue weighted by atomic mass is 19.1. The molecule has 0 bridgehead atoms. The number of nitrogens with zero attached hydrogens (tertiary/aromatic N) is 2. The summed E-state index contributed by atoms with van der Waals surface area (Å²) in [5.41, 5.74) is 0.998. The molecule has 1 aromatic heterocycles. The summed E-state index contributed by atoms with van der Waals surface area (Å²) in [6.45, 7) is 3.86. The first kappa shape index (κ1) is 16.8. The quantitative estimate of drug-likeness (QED) is 0.884. The second-order valence-corrected chi connectivity index (χ2v) is 5.19. The molecule has 124 valence electrons. The molecule has 1 heterocycles. The number of nitrogens with one attached hydrogen (secondary N) is 1. The first-order valence-electron chi connectivity index (χ1n) is 7.20. The van der Waals surface area contributed by atoms with Crippen LogP contribution >= 0.6 is 0 Å². The average Bonchev–Trinajstić information content (AvgIpc) is 2.80. The zero-order chi connectivity index (χ0) is 17.0. The molecule has 0 spiro atoms. The Morgan fingerprint density at radius 1 is 1.39 bits per heavy atom. The van der Waals surface area contributed by atoms with E-state index in [2.05, 4.69) is 10.4 Å². The highest BCUT2D eigenvalue weighted by Crippen LogP contribution is 2.20. The van der Waals surface area contributed by atoms with Crippen molar-refractivity contribution in [1.82, 2.24) is 15.1 Å². The van der Waals surface area contributed by atoms with E-state index >= 15 is 0 Å². The van der Waals surface area contributed by atoms with Gasteiger partial charge < -0.3 is 14.8 Å². The summed E-state index contributed by atoms with van der Waals surface area (Å²) in [4.78, 5) is 12.3. The average molecular weight is 321 g/mol. The molecule has 6 nitrogen and oxygen atoms in total. The minimum Gasteiger partial charge on any atom is -0.489 e. The van der Waals surface area contributed by atoms with Crippen LogP contribution in [0.25, 0.3) is 0 Å². The zero-order valence-electron chi connectivity index (χ0n) is 13.6. The number of amides is 1. The summed E-state index contributed by atoms with van der Waals surface area (Å²) in [6.07, 6.45) is -0.271. The number of carbonyl (C=O) groups excluding carboxylic acids is 1. The largest absolute Gasteiger partial charge is 0.489 e. The molecule has 0 aliphatic heterocycles. The molecule has 7 heteroatoms. The highest BCUT2D eigenvalue weighted by molar-refractivity contribution is 5.97. The summed E-state index contributed by atoms with van der Waals surface area (Å²) in [5, 5.41) is 6.96. The summed E-state index contributed by atoms with van der Waals surface area (Å²) >= 11 is 0. The van der Waals surface area contributed by atoms with E-state index in [4.69, 9.17) is 9.47 Å². The van der Waals surface area contributed by atoms with E-state index in [0.717, 1.165) is 0 Å². The maximum Gasteiger partial charge on any atom is 0.258 e. The smallest absolute Gasteiger partial charge is 0.258 e. The van der Waals surface area contributed by atoms with Gasteiger partial charge >= 0.3 is 0 Å². The Hall–Kier alpha value is -2.57. The van der Waals surface area contributed by atoms with Crippen LogP contribution in [0, 0.1) is 12.7 Å². The van der Waals surface area contributed by atoms with E-state index in [0.29, 0.717) is 29.4 Å². The first-order chi connectivity index (χ1) is 10.9. The number of halogens is 1. The van der Waals surface area contributed by atoms with E-state index in [1.54, 1.807) is 26.1 Å². The van der Waals surface area contributed by atoms with Gasteiger partial charge in [-0.3, -0.25) is 4.79 Å². The first-order valence-corrected chi connectivity index (χ1v) is 7.20. The van der Waals surface area contributed by atoms with Crippen molar-refractivity contribution in [2.45, 2.75) is 20.0 Å². The van der Waals surface area contributed by atoms with Crippen molar-refractivity contribution in [1.29, 1.82) is 0 Å². The molecule has 2 rings (SSSR count). The van der Waals surface area contributed by atoms with Crippen LogP contribution in [-0.2, 0) is 7.05 Å². The van der Waals surface area contributed by atoms with Gasteiger partial charge in [0.05, 0.1) is 19.3 Å². The van der Waals surface area contributed by atoms with Crippen molar-refractivity contribution in [3.8, 4) is 11.6 Å². The molecule has 0 unspecified atom stereocenters. The summed E-state index contributed by atoms with van der Waals surface area (Å²) in [6, 6.07) is 5.74. The molecule has 0 saturated carbocycles. The molecule has 0 radical (unpaired) electrons.